The lowest BCUT2D eigenvalue weighted by molar-refractivity contribution is -0.140. The summed E-state index contributed by atoms with van der Waals surface area (Å²) in [7, 11) is 2.73. The number of nitrogens with one attached hydrogen (secondary N) is 4. The molecule has 3 aromatic rings. The van der Waals surface area contributed by atoms with Gasteiger partial charge in [0.1, 0.15) is 24.3 Å². The number of anilines is 2. The van der Waals surface area contributed by atoms with Gasteiger partial charge in [0.25, 0.3) is 5.91 Å². The number of benzene rings is 2. The number of fused-ring (bicyclic) bond motifs is 1. The molecule has 1 unspecified atom stereocenters. The van der Waals surface area contributed by atoms with Crippen LogP contribution in [0, 0.1) is 17.7 Å². The van der Waals surface area contributed by atoms with E-state index in [1.807, 2.05) is 0 Å². The highest BCUT2D eigenvalue weighted by Gasteiger charge is 2.30. The van der Waals surface area contributed by atoms with Crippen molar-refractivity contribution in [2.75, 3.05) is 44.4 Å². The van der Waals surface area contributed by atoms with Crippen LogP contribution in [0.5, 0.6) is 5.75 Å². The third-order valence-electron chi connectivity index (χ3n) is 6.38. The van der Waals surface area contributed by atoms with Crippen LogP contribution >= 0.6 is 0 Å². The number of ether oxygens (including phenoxy) is 1. The third kappa shape index (κ3) is 6.54. The number of rotatable bonds is 7. The number of carbonyl (C=O) groups excluding carboxylic acids is 1. The van der Waals surface area contributed by atoms with E-state index in [1.54, 1.807) is 24.3 Å². The number of carbonyl (C=O) groups is 1. The number of nitrogens with zero attached hydrogens (tertiary/aromatic N) is 1. The minimum atomic E-state index is -4.50. The van der Waals surface area contributed by atoms with Crippen molar-refractivity contribution in [3.05, 3.63) is 53.5 Å². The van der Waals surface area contributed by atoms with Crippen LogP contribution in [0.2, 0.25) is 0 Å². The number of halogens is 5. The van der Waals surface area contributed by atoms with Crippen LogP contribution in [0.25, 0.3) is 10.9 Å². The molecule has 2 atom stereocenters. The zero-order valence-electron chi connectivity index (χ0n) is 21.3. The largest absolute Gasteiger partial charge is 0.495 e. The maximum Gasteiger partial charge on any atom is 0.406 e. The van der Waals surface area contributed by atoms with Crippen LogP contribution < -0.4 is 26.0 Å². The number of alkyl halides is 4. The summed E-state index contributed by atoms with van der Waals surface area (Å²) >= 11 is 0. The van der Waals surface area contributed by atoms with Crippen molar-refractivity contribution in [2.45, 2.75) is 31.4 Å². The minimum absolute atomic E-state index is 0.0492. The molecule has 4 rings (SSSR count). The third-order valence-corrected chi connectivity index (χ3v) is 6.38. The van der Waals surface area contributed by atoms with E-state index in [0.717, 1.165) is 10.6 Å². The molecule has 12 heteroatoms. The minimum Gasteiger partial charge on any atom is -0.495 e. The van der Waals surface area contributed by atoms with E-state index in [-0.39, 0.29) is 35.8 Å². The molecular formula is C27H28F5N5O2. The Morgan fingerprint density at radius 2 is 2.03 bits per heavy atom. The van der Waals surface area contributed by atoms with E-state index in [4.69, 9.17) is 4.74 Å². The van der Waals surface area contributed by atoms with Gasteiger partial charge in [-0.05, 0) is 43.2 Å². The fraction of sp³-hybridized carbons (Fsp3) is 0.370. The zero-order chi connectivity index (χ0) is 28.2. The van der Waals surface area contributed by atoms with Crippen molar-refractivity contribution in [3.63, 3.8) is 0 Å². The fourth-order valence-electron chi connectivity index (χ4n) is 4.49. The fourth-order valence-corrected chi connectivity index (χ4v) is 4.49. The normalized spacial score (nSPS) is 17.3. The second-order valence-electron chi connectivity index (χ2n) is 9.00. The molecule has 1 fully saturated rings. The summed E-state index contributed by atoms with van der Waals surface area (Å²) in [5, 5.41) is 11.8. The van der Waals surface area contributed by atoms with E-state index >= 15 is 0 Å². The molecule has 1 aliphatic heterocycles. The van der Waals surface area contributed by atoms with Gasteiger partial charge in [-0.25, -0.2) is 8.78 Å². The summed E-state index contributed by atoms with van der Waals surface area (Å²) in [6, 6.07) is 8.29. The van der Waals surface area contributed by atoms with Crippen LogP contribution in [0.3, 0.4) is 0 Å². The molecule has 39 heavy (non-hydrogen) atoms. The van der Waals surface area contributed by atoms with Gasteiger partial charge >= 0.3 is 6.18 Å². The summed E-state index contributed by atoms with van der Waals surface area (Å²) in [5.41, 5.74) is 0.985. The maximum atomic E-state index is 14.4. The van der Waals surface area contributed by atoms with E-state index < -0.39 is 36.7 Å². The molecule has 1 aromatic heterocycles. The molecule has 0 bridgehead atoms. The average Bonchev–Trinajstić information content (AvgIpc) is 3.24. The zero-order valence-corrected chi connectivity index (χ0v) is 21.3. The number of methoxy groups -OCH3 is 1. The van der Waals surface area contributed by atoms with Crippen molar-refractivity contribution in [2.24, 2.45) is 0 Å². The Bertz CT molecular complexity index is 1410. The molecular weight excluding hydrogens is 521 g/mol. The summed E-state index contributed by atoms with van der Waals surface area (Å²) in [6.45, 7) is -0.464. The number of aromatic nitrogens is 1. The highest BCUT2D eigenvalue weighted by Crippen LogP contribution is 2.31. The quantitative estimate of drug-likeness (QED) is 0.261. The molecule has 0 spiro atoms. The van der Waals surface area contributed by atoms with E-state index in [0.29, 0.717) is 29.6 Å². The monoisotopic (exact) mass is 549 g/mol. The van der Waals surface area contributed by atoms with Gasteiger partial charge in [-0.1, -0.05) is 12.0 Å². The Labute approximate surface area is 222 Å². The first kappa shape index (κ1) is 28.0. The predicted octanol–water partition coefficient (Wildman–Crippen LogP) is 4.29. The topological polar surface area (TPSA) is 79.3 Å². The van der Waals surface area contributed by atoms with E-state index in [1.165, 1.54) is 20.2 Å². The van der Waals surface area contributed by atoms with Crippen LogP contribution in [-0.2, 0) is 6.54 Å². The van der Waals surface area contributed by atoms with E-state index in [9.17, 15) is 26.7 Å². The number of amides is 1. The molecule has 1 amide bonds. The standard InChI is InChI=1S/C27H28F5N5O2/c1-33-26(38)17-12-25(39-2)23(13-19(17)28)35-9-4-5-16-11-18-21(36-22-8-10-34-14-20(22)29)6-3-7-24(18)37(16)15-27(30,31)32/h3,6-7,11-13,20,22,34-36H,8-10,14-15H2,1-2H3,(H,33,38)/t20-,22?/m1/s1. The molecule has 208 valence electrons. The molecule has 0 saturated carbocycles. The van der Waals surface area contributed by atoms with Gasteiger partial charge in [-0.15, -0.1) is 0 Å². The Morgan fingerprint density at radius 1 is 1.23 bits per heavy atom. The lowest BCUT2D eigenvalue weighted by atomic mass is 10.0. The number of piperidine rings is 1. The summed E-state index contributed by atoms with van der Waals surface area (Å²) < 4.78 is 75.5. The summed E-state index contributed by atoms with van der Waals surface area (Å²) in [4.78, 5) is 11.8. The van der Waals surface area contributed by atoms with Crippen LogP contribution in [0.15, 0.2) is 36.4 Å². The Hall–Kier alpha value is -3.98. The highest BCUT2D eigenvalue weighted by molar-refractivity contribution is 5.95. The lowest BCUT2D eigenvalue weighted by Crippen LogP contribution is -2.45. The van der Waals surface area contributed by atoms with Gasteiger partial charge in [-0.2, -0.15) is 13.2 Å². The SMILES string of the molecule is CNC(=O)c1cc(OC)c(NCC#Cc2cc3c(NC4CCNC[C@H]4F)cccc3n2CC(F)(F)F)cc1F. The second-order valence-corrected chi connectivity index (χ2v) is 9.00. The van der Waals surface area contributed by atoms with Crippen LogP contribution in [-0.4, -0.2) is 62.7 Å². The first-order valence-electron chi connectivity index (χ1n) is 12.2. The van der Waals surface area contributed by atoms with Crippen molar-refractivity contribution in [1.29, 1.82) is 0 Å². The van der Waals surface area contributed by atoms with Gasteiger partial charge in [0, 0.05) is 30.7 Å². The van der Waals surface area contributed by atoms with Crippen molar-refractivity contribution in [1.82, 2.24) is 15.2 Å². The average molecular weight is 550 g/mol. The summed E-state index contributed by atoms with van der Waals surface area (Å²) in [6.07, 6.45) is -5.10. The molecule has 0 aliphatic carbocycles. The van der Waals surface area contributed by atoms with Crippen LogP contribution in [0.4, 0.5) is 33.3 Å². The van der Waals surface area contributed by atoms with Crippen molar-refractivity contribution >= 4 is 28.2 Å². The number of hydrogen-bond donors (Lipinski definition) is 4. The molecule has 4 N–H and O–H groups in total. The van der Waals surface area contributed by atoms with E-state index in [2.05, 4.69) is 33.1 Å². The Balaban J connectivity index is 1.61. The first-order valence-corrected chi connectivity index (χ1v) is 12.2. The number of hydrogen-bond acceptors (Lipinski definition) is 5. The maximum absolute atomic E-state index is 14.4. The molecule has 2 aromatic carbocycles. The van der Waals surface area contributed by atoms with Crippen molar-refractivity contribution < 1.29 is 31.5 Å². The predicted molar refractivity (Wildman–Crippen MR) is 139 cm³/mol. The smallest absolute Gasteiger partial charge is 0.406 e. The summed E-state index contributed by atoms with van der Waals surface area (Å²) in [5.74, 6) is 4.33. The molecule has 1 aliphatic rings. The van der Waals surface area contributed by atoms with Gasteiger partial charge in [0.2, 0.25) is 0 Å². The Morgan fingerprint density at radius 3 is 2.72 bits per heavy atom. The second kappa shape index (κ2) is 11.8. The first-order chi connectivity index (χ1) is 18.6. The highest BCUT2D eigenvalue weighted by atomic mass is 19.4. The van der Waals surface area contributed by atoms with Crippen LogP contribution in [0.1, 0.15) is 22.5 Å². The molecule has 2 heterocycles. The lowest BCUT2D eigenvalue weighted by Gasteiger charge is -2.28. The molecule has 1 saturated heterocycles. The Kier molecular flexibility index (Phi) is 8.50. The van der Waals surface area contributed by atoms with Gasteiger partial charge in [0.15, 0.2) is 0 Å². The van der Waals surface area contributed by atoms with Gasteiger partial charge < -0.3 is 30.6 Å². The van der Waals surface area contributed by atoms with Gasteiger partial charge in [0.05, 0.1) is 42.2 Å². The van der Waals surface area contributed by atoms with Crippen molar-refractivity contribution in [3.8, 4) is 17.6 Å². The molecule has 0 radical (unpaired) electrons. The molecule has 7 nitrogen and oxygen atoms in total. The van der Waals surface area contributed by atoms with Gasteiger partial charge in [-0.3, -0.25) is 4.79 Å².